The lowest BCUT2D eigenvalue weighted by Crippen LogP contribution is -2.28. The van der Waals surface area contributed by atoms with E-state index in [0.29, 0.717) is 11.5 Å². The molecule has 2 rings (SSSR count). The summed E-state index contributed by atoms with van der Waals surface area (Å²) in [5.41, 5.74) is 2.36. The standard InChI is InChI=1S/C14H18N2O3S/c1-9-7-5-6-8-13(9)10(2)16-20(17,18)14-11(3)15-19-12(14)4/h5-8,10,16H,1-4H3. The molecule has 1 heterocycles. The zero-order chi connectivity index (χ0) is 14.9. The van der Waals surface area contributed by atoms with Gasteiger partial charge in [0.1, 0.15) is 10.6 Å². The van der Waals surface area contributed by atoms with Gasteiger partial charge in [0.05, 0.1) is 0 Å². The Labute approximate surface area is 119 Å². The van der Waals surface area contributed by atoms with Gasteiger partial charge < -0.3 is 4.52 Å². The molecule has 0 radical (unpaired) electrons. The molecule has 1 N–H and O–H groups in total. The lowest BCUT2D eigenvalue weighted by Gasteiger charge is -2.16. The highest BCUT2D eigenvalue weighted by Crippen LogP contribution is 2.23. The fourth-order valence-electron chi connectivity index (χ4n) is 2.29. The second-order valence-corrected chi connectivity index (χ2v) is 6.50. The number of hydrogen-bond donors (Lipinski definition) is 1. The molecule has 0 aliphatic heterocycles. The van der Waals surface area contributed by atoms with Crippen LogP contribution in [0.3, 0.4) is 0 Å². The molecule has 0 aliphatic carbocycles. The van der Waals surface area contributed by atoms with Crippen LogP contribution in [0.4, 0.5) is 0 Å². The number of hydrogen-bond acceptors (Lipinski definition) is 4. The summed E-state index contributed by atoms with van der Waals surface area (Å²) < 4.78 is 32.4. The van der Waals surface area contributed by atoms with Crippen LogP contribution in [0.2, 0.25) is 0 Å². The van der Waals surface area contributed by atoms with Gasteiger partial charge in [-0.1, -0.05) is 29.4 Å². The average molecular weight is 294 g/mol. The Morgan fingerprint density at radius 1 is 1.20 bits per heavy atom. The number of nitrogens with one attached hydrogen (secondary N) is 1. The number of benzene rings is 1. The number of rotatable bonds is 4. The molecule has 0 bridgehead atoms. The second kappa shape index (κ2) is 5.38. The summed E-state index contributed by atoms with van der Waals surface area (Å²) in [5, 5.41) is 3.69. The van der Waals surface area contributed by atoms with E-state index in [4.69, 9.17) is 4.52 Å². The predicted molar refractivity (Wildman–Crippen MR) is 75.9 cm³/mol. The first-order chi connectivity index (χ1) is 9.33. The van der Waals surface area contributed by atoms with E-state index >= 15 is 0 Å². The Morgan fingerprint density at radius 3 is 2.40 bits per heavy atom. The van der Waals surface area contributed by atoms with Gasteiger partial charge in [-0.3, -0.25) is 0 Å². The van der Waals surface area contributed by atoms with Gasteiger partial charge in [0, 0.05) is 6.04 Å². The Kier molecular flexibility index (Phi) is 3.96. The van der Waals surface area contributed by atoms with Crippen LogP contribution >= 0.6 is 0 Å². The maximum atomic E-state index is 12.4. The first-order valence-electron chi connectivity index (χ1n) is 6.33. The zero-order valence-corrected chi connectivity index (χ0v) is 12.8. The molecule has 0 saturated carbocycles. The third-order valence-electron chi connectivity index (χ3n) is 3.22. The van der Waals surface area contributed by atoms with Gasteiger partial charge in [0.15, 0.2) is 5.76 Å². The van der Waals surface area contributed by atoms with Crippen molar-refractivity contribution < 1.29 is 12.9 Å². The minimum Gasteiger partial charge on any atom is -0.360 e. The smallest absolute Gasteiger partial charge is 0.246 e. The van der Waals surface area contributed by atoms with Crippen LogP contribution in [0.5, 0.6) is 0 Å². The molecule has 0 fully saturated rings. The molecule has 5 nitrogen and oxygen atoms in total. The van der Waals surface area contributed by atoms with Crippen LogP contribution in [0.15, 0.2) is 33.7 Å². The number of aromatic nitrogens is 1. The van der Waals surface area contributed by atoms with Gasteiger partial charge in [0.25, 0.3) is 0 Å². The molecule has 0 amide bonds. The molecular weight excluding hydrogens is 276 g/mol. The molecule has 6 heteroatoms. The minimum atomic E-state index is -3.65. The molecule has 1 atom stereocenters. The van der Waals surface area contributed by atoms with E-state index < -0.39 is 10.0 Å². The van der Waals surface area contributed by atoms with Gasteiger partial charge >= 0.3 is 0 Å². The van der Waals surface area contributed by atoms with E-state index in [1.165, 1.54) is 0 Å². The fraction of sp³-hybridized carbons (Fsp3) is 0.357. The van der Waals surface area contributed by atoms with Crippen LogP contribution in [0.1, 0.15) is 35.5 Å². The summed E-state index contributed by atoms with van der Waals surface area (Å²) in [5.74, 6) is 0.298. The van der Waals surface area contributed by atoms with E-state index in [0.717, 1.165) is 11.1 Å². The summed E-state index contributed by atoms with van der Waals surface area (Å²) in [6, 6.07) is 7.36. The molecule has 108 valence electrons. The van der Waals surface area contributed by atoms with E-state index in [9.17, 15) is 8.42 Å². The largest absolute Gasteiger partial charge is 0.360 e. The van der Waals surface area contributed by atoms with Crippen LogP contribution in [-0.4, -0.2) is 13.6 Å². The molecule has 20 heavy (non-hydrogen) atoms. The van der Waals surface area contributed by atoms with Crippen molar-refractivity contribution in [1.82, 2.24) is 9.88 Å². The first kappa shape index (κ1) is 14.7. The number of aryl methyl sites for hydroxylation is 3. The van der Waals surface area contributed by atoms with E-state index in [-0.39, 0.29) is 10.9 Å². The molecule has 0 aliphatic rings. The van der Waals surface area contributed by atoms with Crippen molar-refractivity contribution >= 4 is 10.0 Å². The summed E-state index contributed by atoms with van der Waals surface area (Å²) >= 11 is 0. The van der Waals surface area contributed by atoms with E-state index in [2.05, 4.69) is 9.88 Å². The molecule has 0 saturated heterocycles. The predicted octanol–water partition coefficient (Wildman–Crippen LogP) is 2.64. The highest BCUT2D eigenvalue weighted by Gasteiger charge is 2.26. The van der Waals surface area contributed by atoms with Gasteiger partial charge in [-0.25, -0.2) is 13.1 Å². The topological polar surface area (TPSA) is 72.2 Å². The van der Waals surface area contributed by atoms with Crippen molar-refractivity contribution in [3.05, 3.63) is 46.8 Å². The Morgan fingerprint density at radius 2 is 1.85 bits per heavy atom. The highest BCUT2D eigenvalue weighted by molar-refractivity contribution is 7.89. The minimum absolute atomic E-state index is 0.123. The normalized spacial score (nSPS) is 13.4. The Balaban J connectivity index is 2.32. The van der Waals surface area contributed by atoms with Crippen LogP contribution in [-0.2, 0) is 10.0 Å². The van der Waals surface area contributed by atoms with Crippen molar-refractivity contribution in [3.63, 3.8) is 0 Å². The maximum absolute atomic E-state index is 12.4. The molecule has 0 spiro atoms. The van der Waals surface area contributed by atoms with Crippen molar-refractivity contribution in [2.45, 2.75) is 38.6 Å². The number of nitrogens with zero attached hydrogens (tertiary/aromatic N) is 1. The van der Waals surface area contributed by atoms with Crippen molar-refractivity contribution in [1.29, 1.82) is 0 Å². The fourth-order valence-corrected chi connectivity index (χ4v) is 3.84. The van der Waals surface area contributed by atoms with E-state index in [1.54, 1.807) is 13.8 Å². The number of sulfonamides is 1. The third kappa shape index (κ3) is 2.76. The second-order valence-electron chi connectivity index (χ2n) is 4.85. The Bertz CT molecular complexity index is 700. The van der Waals surface area contributed by atoms with Crippen LogP contribution in [0.25, 0.3) is 0 Å². The molecule has 1 aromatic heterocycles. The molecule has 1 unspecified atom stereocenters. The first-order valence-corrected chi connectivity index (χ1v) is 7.82. The monoisotopic (exact) mass is 294 g/mol. The summed E-state index contributed by atoms with van der Waals surface area (Å²) in [6.45, 7) is 6.98. The molecule has 2 aromatic rings. The van der Waals surface area contributed by atoms with Crippen molar-refractivity contribution in [3.8, 4) is 0 Å². The third-order valence-corrected chi connectivity index (χ3v) is 5.01. The quantitative estimate of drug-likeness (QED) is 0.941. The maximum Gasteiger partial charge on any atom is 0.246 e. The SMILES string of the molecule is Cc1ccccc1C(C)NS(=O)(=O)c1c(C)noc1C. The van der Waals surface area contributed by atoms with Gasteiger partial charge in [0.2, 0.25) is 10.0 Å². The lowest BCUT2D eigenvalue weighted by atomic mass is 10.0. The molecular formula is C14H18N2O3S. The van der Waals surface area contributed by atoms with Gasteiger partial charge in [-0.05, 0) is 38.8 Å². The van der Waals surface area contributed by atoms with Crippen molar-refractivity contribution in [2.24, 2.45) is 0 Å². The summed E-state index contributed by atoms with van der Waals surface area (Å²) in [4.78, 5) is 0.123. The lowest BCUT2D eigenvalue weighted by molar-refractivity contribution is 0.390. The Hall–Kier alpha value is -1.66. The van der Waals surface area contributed by atoms with Crippen molar-refractivity contribution in [2.75, 3.05) is 0 Å². The average Bonchev–Trinajstić information content (AvgIpc) is 2.69. The van der Waals surface area contributed by atoms with E-state index in [1.807, 2.05) is 38.1 Å². The molecule has 1 aromatic carbocycles. The van der Waals surface area contributed by atoms with Crippen LogP contribution < -0.4 is 4.72 Å². The summed E-state index contributed by atoms with van der Waals surface area (Å²) in [6.07, 6.45) is 0. The highest BCUT2D eigenvalue weighted by atomic mass is 32.2. The van der Waals surface area contributed by atoms with Crippen LogP contribution in [0, 0.1) is 20.8 Å². The summed E-state index contributed by atoms with van der Waals surface area (Å²) in [7, 11) is -3.65. The van der Waals surface area contributed by atoms with Gasteiger partial charge in [-0.2, -0.15) is 0 Å². The van der Waals surface area contributed by atoms with Gasteiger partial charge in [-0.15, -0.1) is 0 Å². The zero-order valence-electron chi connectivity index (χ0n) is 12.0.